The van der Waals surface area contributed by atoms with Crippen molar-refractivity contribution in [3.63, 3.8) is 0 Å². The number of aliphatic hydroxyl groups excluding tert-OH is 1. The van der Waals surface area contributed by atoms with Crippen LogP contribution in [0.2, 0.25) is 0 Å². The molecule has 1 aromatic rings. The fraction of sp³-hybridized carbons (Fsp3) is 0.611. The molecule has 2 rings (SSSR count). The van der Waals surface area contributed by atoms with Crippen molar-refractivity contribution in [2.45, 2.75) is 45.8 Å². The third-order valence-corrected chi connectivity index (χ3v) is 4.91. The molecule has 1 fully saturated rings. The Morgan fingerprint density at radius 3 is 2.50 bits per heavy atom. The fourth-order valence-corrected chi connectivity index (χ4v) is 2.95. The molecule has 1 N–H and O–H groups in total. The van der Waals surface area contributed by atoms with E-state index in [1.54, 1.807) is 0 Å². The van der Waals surface area contributed by atoms with Crippen molar-refractivity contribution in [1.82, 2.24) is 4.90 Å². The maximum atomic E-state index is 12.4. The summed E-state index contributed by atoms with van der Waals surface area (Å²) in [6, 6.07) is 9.89. The molecule has 1 aliphatic rings. The van der Waals surface area contributed by atoms with Crippen molar-refractivity contribution >= 4 is 5.91 Å². The lowest BCUT2D eigenvalue weighted by atomic mass is 9.77. The molecule has 0 aliphatic carbocycles. The van der Waals surface area contributed by atoms with Crippen molar-refractivity contribution in [3.8, 4) is 0 Å². The van der Waals surface area contributed by atoms with Gasteiger partial charge in [-0.05, 0) is 37.2 Å². The van der Waals surface area contributed by atoms with Crippen LogP contribution < -0.4 is 0 Å². The first-order valence-corrected chi connectivity index (χ1v) is 8.15. The van der Waals surface area contributed by atoms with E-state index in [0.717, 1.165) is 24.8 Å². The first kappa shape index (κ1) is 17.0. The van der Waals surface area contributed by atoms with Gasteiger partial charge in [0.1, 0.15) is 6.10 Å². The SMILES string of the molecule is CCC1(CO)CCN(C(=O)C(C)OCc2ccccc2)CC1. The Labute approximate surface area is 133 Å². The highest BCUT2D eigenvalue weighted by atomic mass is 16.5. The Morgan fingerprint density at radius 2 is 1.95 bits per heavy atom. The van der Waals surface area contributed by atoms with Gasteiger partial charge in [-0.3, -0.25) is 4.79 Å². The molecule has 122 valence electrons. The summed E-state index contributed by atoms with van der Waals surface area (Å²) in [5, 5.41) is 9.56. The number of piperidine rings is 1. The van der Waals surface area contributed by atoms with Gasteiger partial charge in [-0.15, -0.1) is 0 Å². The normalized spacial score (nSPS) is 19.0. The van der Waals surface area contributed by atoms with E-state index in [0.29, 0.717) is 19.7 Å². The van der Waals surface area contributed by atoms with Gasteiger partial charge in [0.15, 0.2) is 0 Å². The molecule has 0 radical (unpaired) electrons. The molecule has 1 amide bonds. The second-order valence-corrected chi connectivity index (χ2v) is 6.28. The molecule has 4 nitrogen and oxygen atoms in total. The number of carbonyl (C=O) groups excluding carboxylic acids is 1. The van der Waals surface area contributed by atoms with Crippen molar-refractivity contribution in [2.75, 3.05) is 19.7 Å². The fourth-order valence-electron chi connectivity index (χ4n) is 2.95. The van der Waals surface area contributed by atoms with Crippen LogP contribution in [0.15, 0.2) is 30.3 Å². The molecular weight excluding hydrogens is 278 g/mol. The highest BCUT2D eigenvalue weighted by Crippen LogP contribution is 2.34. The van der Waals surface area contributed by atoms with Gasteiger partial charge < -0.3 is 14.7 Å². The second-order valence-electron chi connectivity index (χ2n) is 6.28. The summed E-state index contributed by atoms with van der Waals surface area (Å²) in [6.45, 7) is 6.03. The summed E-state index contributed by atoms with van der Waals surface area (Å²) in [5.41, 5.74) is 1.08. The van der Waals surface area contributed by atoms with Crippen LogP contribution in [0.1, 0.15) is 38.7 Å². The Kier molecular flexibility index (Phi) is 5.98. The number of aliphatic hydroxyl groups is 1. The third-order valence-electron chi connectivity index (χ3n) is 4.91. The van der Waals surface area contributed by atoms with E-state index < -0.39 is 6.10 Å². The van der Waals surface area contributed by atoms with Crippen LogP contribution in [0, 0.1) is 5.41 Å². The monoisotopic (exact) mass is 305 g/mol. The zero-order valence-corrected chi connectivity index (χ0v) is 13.6. The Morgan fingerprint density at radius 1 is 1.32 bits per heavy atom. The lowest BCUT2D eigenvalue weighted by Gasteiger charge is -2.40. The molecule has 1 atom stereocenters. The summed E-state index contributed by atoms with van der Waals surface area (Å²) in [7, 11) is 0. The maximum absolute atomic E-state index is 12.4. The summed E-state index contributed by atoms with van der Waals surface area (Å²) in [4.78, 5) is 14.3. The van der Waals surface area contributed by atoms with Gasteiger partial charge in [-0.1, -0.05) is 37.3 Å². The minimum Gasteiger partial charge on any atom is -0.396 e. The average molecular weight is 305 g/mol. The Balaban J connectivity index is 1.82. The van der Waals surface area contributed by atoms with Crippen molar-refractivity contribution in [3.05, 3.63) is 35.9 Å². The number of likely N-dealkylation sites (tertiary alicyclic amines) is 1. The second kappa shape index (κ2) is 7.75. The highest BCUT2D eigenvalue weighted by Gasteiger charge is 2.35. The molecule has 0 aromatic heterocycles. The van der Waals surface area contributed by atoms with E-state index in [1.165, 1.54) is 0 Å². The molecule has 1 aromatic carbocycles. The first-order chi connectivity index (χ1) is 10.6. The van der Waals surface area contributed by atoms with Crippen molar-refractivity contribution in [1.29, 1.82) is 0 Å². The van der Waals surface area contributed by atoms with Crippen LogP contribution in [0.3, 0.4) is 0 Å². The molecule has 22 heavy (non-hydrogen) atoms. The highest BCUT2D eigenvalue weighted by molar-refractivity contribution is 5.80. The predicted molar refractivity (Wildman–Crippen MR) is 86.3 cm³/mol. The van der Waals surface area contributed by atoms with E-state index >= 15 is 0 Å². The van der Waals surface area contributed by atoms with Crippen LogP contribution in [-0.2, 0) is 16.1 Å². The molecule has 1 heterocycles. The number of hydrogen-bond acceptors (Lipinski definition) is 3. The lowest BCUT2D eigenvalue weighted by molar-refractivity contribution is -0.146. The minimum absolute atomic E-state index is 0.00487. The Hall–Kier alpha value is -1.39. The van der Waals surface area contributed by atoms with E-state index in [9.17, 15) is 9.90 Å². The van der Waals surface area contributed by atoms with E-state index in [4.69, 9.17) is 4.74 Å². The molecule has 0 bridgehead atoms. The van der Waals surface area contributed by atoms with Gasteiger partial charge in [-0.25, -0.2) is 0 Å². The quantitative estimate of drug-likeness (QED) is 0.879. The number of carbonyl (C=O) groups is 1. The molecule has 4 heteroatoms. The third kappa shape index (κ3) is 4.08. The summed E-state index contributed by atoms with van der Waals surface area (Å²) in [5.74, 6) is 0.0542. The number of nitrogens with zero attached hydrogens (tertiary/aromatic N) is 1. The van der Waals surface area contributed by atoms with Crippen LogP contribution in [0.25, 0.3) is 0 Å². The van der Waals surface area contributed by atoms with Gasteiger partial charge in [0.2, 0.25) is 0 Å². The number of rotatable bonds is 6. The Bertz CT molecular complexity index is 460. The van der Waals surface area contributed by atoms with Crippen molar-refractivity contribution in [2.24, 2.45) is 5.41 Å². The largest absolute Gasteiger partial charge is 0.396 e. The smallest absolute Gasteiger partial charge is 0.251 e. The van der Waals surface area contributed by atoms with E-state index in [1.807, 2.05) is 42.2 Å². The molecule has 1 unspecified atom stereocenters. The minimum atomic E-state index is -0.427. The van der Waals surface area contributed by atoms with Gasteiger partial charge in [0, 0.05) is 19.7 Å². The number of ether oxygens (including phenoxy) is 1. The van der Waals surface area contributed by atoms with Crippen LogP contribution in [0.5, 0.6) is 0 Å². The van der Waals surface area contributed by atoms with Crippen LogP contribution >= 0.6 is 0 Å². The van der Waals surface area contributed by atoms with Gasteiger partial charge in [0.25, 0.3) is 5.91 Å². The van der Waals surface area contributed by atoms with Gasteiger partial charge in [0.05, 0.1) is 6.61 Å². The maximum Gasteiger partial charge on any atom is 0.251 e. The van der Waals surface area contributed by atoms with Crippen LogP contribution in [0.4, 0.5) is 0 Å². The van der Waals surface area contributed by atoms with Gasteiger partial charge in [-0.2, -0.15) is 0 Å². The lowest BCUT2D eigenvalue weighted by Crippen LogP contribution is -2.47. The van der Waals surface area contributed by atoms with Crippen LogP contribution in [-0.4, -0.2) is 41.7 Å². The first-order valence-electron chi connectivity index (χ1n) is 8.15. The average Bonchev–Trinajstić information content (AvgIpc) is 2.60. The number of amides is 1. The van der Waals surface area contributed by atoms with Crippen molar-refractivity contribution < 1.29 is 14.6 Å². The zero-order valence-electron chi connectivity index (χ0n) is 13.6. The number of hydrogen-bond donors (Lipinski definition) is 1. The summed E-state index contributed by atoms with van der Waals surface area (Å²) in [6.07, 6.45) is 2.28. The molecule has 1 saturated heterocycles. The summed E-state index contributed by atoms with van der Waals surface area (Å²) < 4.78 is 5.71. The predicted octanol–water partition coefficient (Wildman–Crippen LogP) is 2.60. The standard InChI is InChI=1S/C18H27NO3/c1-3-18(14-20)9-11-19(12-10-18)17(21)15(2)22-13-16-7-5-4-6-8-16/h4-8,15,20H,3,9-14H2,1-2H3. The molecular formula is C18H27NO3. The molecule has 1 aliphatic heterocycles. The van der Waals surface area contributed by atoms with E-state index in [-0.39, 0.29) is 17.9 Å². The topological polar surface area (TPSA) is 49.8 Å². The molecule has 0 spiro atoms. The van der Waals surface area contributed by atoms with E-state index in [2.05, 4.69) is 6.92 Å². The molecule has 0 saturated carbocycles. The zero-order chi connectivity index (χ0) is 16.0. The number of benzene rings is 1. The van der Waals surface area contributed by atoms with Gasteiger partial charge >= 0.3 is 0 Å². The summed E-state index contributed by atoms with van der Waals surface area (Å²) >= 11 is 0.